The van der Waals surface area contributed by atoms with Crippen LogP contribution in [0.25, 0.3) is 5.69 Å². The van der Waals surface area contributed by atoms with E-state index < -0.39 is 0 Å². The fraction of sp³-hybridized carbons (Fsp3) is 0.333. The van der Waals surface area contributed by atoms with Crippen molar-refractivity contribution in [1.82, 2.24) is 20.2 Å². The van der Waals surface area contributed by atoms with Crippen molar-refractivity contribution >= 4 is 17.7 Å². The molecule has 0 fully saturated rings. The van der Waals surface area contributed by atoms with Gasteiger partial charge in [0.05, 0.1) is 10.9 Å². The van der Waals surface area contributed by atoms with Gasteiger partial charge in [-0.2, -0.15) is 4.68 Å². The molecule has 1 atom stereocenters. The summed E-state index contributed by atoms with van der Waals surface area (Å²) < 4.78 is 1.63. The molecule has 1 aromatic carbocycles. The molecule has 0 aliphatic heterocycles. The molecule has 0 spiro atoms. The van der Waals surface area contributed by atoms with Crippen LogP contribution in [-0.2, 0) is 4.79 Å². The molecule has 0 saturated carbocycles. The van der Waals surface area contributed by atoms with Crippen LogP contribution in [0.1, 0.15) is 18.1 Å². The van der Waals surface area contributed by atoms with Gasteiger partial charge in [-0.25, -0.2) is 0 Å². The Morgan fingerprint density at radius 1 is 1.42 bits per heavy atom. The molecule has 2 aromatic rings. The Labute approximate surface area is 115 Å². The number of carbonyl (C=O) groups excluding carboxylic acids is 1. The van der Waals surface area contributed by atoms with Crippen LogP contribution < -0.4 is 5.73 Å². The van der Waals surface area contributed by atoms with Crippen molar-refractivity contribution < 1.29 is 4.79 Å². The molecule has 2 rings (SSSR count). The molecule has 100 valence electrons. The Hall–Kier alpha value is -1.89. The summed E-state index contributed by atoms with van der Waals surface area (Å²) in [6, 6.07) is 6.05. The van der Waals surface area contributed by atoms with E-state index in [1.807, 2.05) is 32.0 Å². The van der Waals surface area contributed by atoms with E-state index in [0.717, 1.165) is 16.8 Å². The SMILES string of the molecule is Cc1ccc(C)c(-n2nnnc2S[C@H](C)C(N)=O)c1. The van der Waals surface area contributed by atoms with Crippen LogP contribution in [0.15, 0.2) is 23.4 Å². The Bertz CT molecular complexity index is 610. The first-order valence-corrected chi connectivity index (χ1v) is 6.69. The van der Waals surface area contributed by atoms with Crippen LogP contribution in [0.3, 0.4) is 0 Å². The maximum atomic E-state index is 11.1. The lowest BCUT2D eigenvalue weighted by molar-refractivity contribution is -0.117. The Morgan fingerprint density at radius 3 is 2.84 bits per heavy atom. The Morgan fingerprint density at radius 2 is 2.16 bits per heavy atom. The third-order valence-electron chi connectivity index (χ3n) is 2.72. The topological polar surface area (TPSA) is 86.7 Å². The lowest BCUT2D eigenvalue weighted by atomic mass is 10.1. The van der Waals surface area contributed by atoms with Gasteiger partial charge in [0.1, 0.15) is 0 Å². The number of hydrogen-bond donors (Lipinski definition) is 1. The van der Waals surface area contributed by atoms with Crippen molar-refractivity contribution in [3.63, 3.8) is 0 Å². The second kappa shape index (κ2) is 5.40. The number of thioether (sulfide) groups is 1. The molecule has 19 heavy (non-hydrogen) atoms. The van der Waals surface area contributed by atoms with Gasteiger partial charge in [-0.3, -0.25) is 4.79 Å². The van der Waals surface area contributed by atoms with Gasteiger partial charge in [0, 0.05) is 0 Å². The van der Waals surface area contributed by atoms with Crippen molar-refractivity contribution in [3.05, 3.63) is 29.3 Å². The Balaban J connectivity index is 2.39. The van der Waals surface area contributed by atoms with E-state index in [-0.39, 0.29) is 11.2 Å². The fourth-order valence-corrected chi connectivity index (χ4v) is 2.32. The highest BCUT2D eigenvalue weighted by Gasteiger charge is 2.17. The standard InChI is InChI=1S/C12H15N5OS/c1-7-4-5-8(2)10(6-7)17-12(14-15-16-17)19-9(3)11(13)18/h4-6,9H,1-3H3,(H2,13,18)/t9-/m1/s1. The second-order valence-electron chi connectivity index (χ2n) is 4.33. The minimum absolute atomic E-state index is 0.380. The minimum Gasteiger partial charge on any atom is -0.369 e. The third kappa shape index (κ3) is 2.93. The van der Waals surface area contributed by atoms with Gasteiger partial charge in [-0.1, -0.05) is 23.9 Å². The molecule has 0 aliphatic carbocycles. The summed E-state index contributed by atoms with van der Waals surface area (Å²) in [4.78, 5) is 11.1. The molecule has 6 nitrogen and oxygen atoms in total. The molecule has 0 unspecified atom stereocenters. The largest absolute Gasteiger partial charge is 0.369 e. The van der Waals surface area contributed by atoms with Gasteiger partial charge < -0.3 is 5.73 Å². The number of tetrazole rings is 1. The van der Waals surface area contributed by atoms with Crippen molar-refractivity contribution in [2.45, 2.75) is 31.2 Å². The predicted molar refractivity (Wildman–Crippen MR) is 73.1 cm³/mol. The van der Waals surface area contributed by atoms with Crippen LogP contribution in [0.5, 0.6) is 0 Å². The van der Waals surface area contributed by atoms with Crippen molar-refractivity contribution in [2.75, 3.05) is 0 Å². The molecular formula is C12H15N5OS. The van der Waals surface area contributed by atoms with Crippen molar-refractivity contribution in [3.8, 4) is 5.69 Å². The number of primary amides is 1. The maximum absolute atomic E-state index is 11.1. The zero-order chi connectivity index (χ0) is 14.0. The van der Waals surface area contributed by atoms with E-state index in [9.17, 15) is 4.79 Å². The molecule has 1 aromatic heterocycles. The smallest absolute Gasteiger partial charge is 0.230 e. The van der Waals surface area contributed by atoms with Gasteiger partial charge in [0.2, 0.25) is 11.1 Å². The summed E-state index contributed by atoms with van der Waals surface area (Å²) in [6.45, 7) is 5.73. The molecule has 0 radical (unpaired) electrons. The molecule has 2 N–H and O–H groups in total. The van der Waals surface area contributed by atoms with Gasteiger partial charge in [0.25, 0.3) is 0 Å². The molecule has 7 heteroatoms. The van der Waals surface area contributed by atoms with Crippen molar-refractivity contribution in [2.24, 2.45) is 5.73 Å². The zero-order valence-electron chi connectivity index (χ0n) is 11.0. The van der Waals surface area contributed by atoms with E-state index in [0.29, 0.717) is 5.16 Å². The summed E-state index contributed by atoms with van der Waals surface area (Å²) in [5.74, 6) is -0.388. The molecule has 0 bridgehead atoms. The molecule has 1 amide bonds. The van der Waals surface area contributed by atoms with Gasteiger partial charge >= 0.3 is 0 Å². The lowest BCUT2D eigenvalue weighted by Crippen LogP contribution is -2.23. The summed E-state index contributed by atoms with van der Waals surface area (Å²) in [6.07, 6.45) is 0. The average molecular weight is 277 g/mol. The van der Waals surface area contributed by atoms with Crippen LogP contribution in [0, 0.1) is 13.8 Å². The second-order valence-corrected chi connectivity index (χ2v) is 5.63. The van der Waals surface area contributed by atoms with Crippen LogP contribution in [-0.4, -0.2) is 31.4 Å². The monoisotopic (exact) mass is 277 g/mol. The first kappa shape index (κ1) is 13.5. The predicted octanol–water partition coefficient (Wildman–Crippen LogP) is 1.25. The number of hydrogen-bond acceptors (Lipinski definition) is 5. The summed E-state index contributed by atoms with van der Waals surface area (Å²) in [5, 5.41) is 11.8. The normalized spacial score (nSPS) is 12.4. The third-order valence-corrected chi connectivity index (χ3v) is 3.77. The average Bonchev–Trinajstić information content (AvgIpc) is 2.80. The van der Waals surface area contributed by atoms with E-state index in [1.54, 1.807) is 11.6 Å². The molecule has 0 aliphatic rings. The number of benzene rings is 1. The van der Waals surface area contributed by atoms with E-state index in [4.69, 9.17) is 5.73 Å². The zero-order valence-corrected chi connectivity index (χ0v) is 11.8. The minimum atomic E-state index is -0.388. The Kier molecular flexibility index (Phi) is 3.84. The van der Waals surface area contributed by atoms with Crippen LogP contribution in [0.4, 0.5) is 0 Å². The summed E-state index contributed by atoms with van der Waals surface area (Å²) in [7, 11) is 0. The number of carbonyl (C=O) groups is 1. The molecular weight excluding hydrogens is 262 g/mol. The highest BCUT2D eigenvalue weighted by Crippen LogP contribution is 2.24. The summed E-state index contributed by atoms with van der Waals surface area (Å²) in [5.41, 5.74) is 8.35. The lowest BCUT2D eigenvalue weighted by Gasteiger charge is -2.10. The van der Waals surface area contributed by atoms with E-state index >= 15 is 0 Å². The maximum Gasteiger partial charge on any atom is 0.230 e. The number of amides is 1. The number of nitrogens with zero attached hydrogens (tertiary/aromatic N) is 4. The highest BCUT2D eigenvalue weighted by atomic mass is 32.2. The quantitative estimate of drug-likeness (QED) is 0.850. The van der Waals surface area contributed by atoms with Gasteiger partial charge in [0.15, 0.2) is 0 Å². The number of aryl methyl sites for hydroxylation is 2. The van der Waals surface area contributed by atoms with Crippen LogP contribution in [0.2, 0.25) is 0 Å². The first-order chi connectivity index (χ1) is 8.99. The van der Waals surface area contributed by atoms with Gasteiger partial charge in [-0.15, -0.1) is 5.10 Å². The first-order valence-electron chi connectivity index (χ1n) is 5.81. The summed E-state index contributed by atoms with van der Waals surface area (Å²) >= 11 is 1.25. The van der Waals surface area contributed by atoms with Crippen molar-refractivity contribution in [1.29, 1.82) is 0 Å². The van der Waals surface area contributed by atoms with Gasteiger partial charge in [-0.05, 0) is 48.4 Å². The fourth-order valence-electron chi connectivity index (χ4n) is 1.57. The highest BCUT2D eigenvalue weighted by molar-refractivity contribution is 8.00. The molecule has 1 heterocycles. The van der Waals surface area contributed by atoms with E-state index in [1.165, 1.54) is 11.8 Å². The van der Waals surface area contributed by atoms with E-state index in [2.05, 4.69) is 15.5 Å². The number of aromatic nitrogens is 4. The number of nitrogens with two attached hydrogens (primary N) is 1. The number of rotatable bonds is 4. The van der Waals surface area contributed by atoms with Crippen LogP contribution >= 0.6 is 11.8 Å². The molecule has 0 saturated heterocycles.